The van der Waals surface area contributed by atoms with Crippen LogP contribution in [0.5, 0.6) is 0 Å². The first-order valence-corrected chi connectivity index (χ1v) is 8.58. The van der Waals surface area contributed by atoms with E-state index in [1.807, 2.05) is 24.3 Å². The maximum Gasteiger partial charge on any atom is 0.284 e. The van der Waals surface area contributed by atoms with Crippen LogP contribution in [0, 0.1) is 28.5 Å². The monoisotopic (exact) mass is 327 g/mol. The Morgan fingerprint density at radius 2 is 1.91 bits per heavy atom. The first kappa shape index (κ1) is 13.5. The van der Waals surface area contributed by atoms with Gasteiger partial charge in [-0.3, -0.25) is 4.79 Å². The van der Waals surface area contributed by atoms with E-state index in [1.54, 1.807) is 0 Å². The van der Waals surface area contributed by atoms with Crippen molar-refractivity contribution in [3.05, 3.63) is 34.7 Å². The molecule has 5 atom stereocenters. The van der Waals surface area contributed by atoms with Crippen LogP contribution in [0.1, 0.15) is 29.6 Å². The van der Waals surface area contributed by atoms with Gasteiger partial charge in [-0.05, 0) is 79.4 Å². The molecule has 3 aliphatic carbocycles. The van der Waals surface area contributed by atoms with Crippen molar-refractivity contribution in [3.63, 3.8) is 0 Å². The van der Waals surface area contributed by atoms with Crippen LogP contribution >= 0.6 is 12.2 Å². The predicted molar refractivity (Wildman–Crippen MR) is 86.2 cm³/mol. The maximum absolute atomic E-state index is 12.4. The second-order valence-corrected chi connectivity index (χ2v) is 7.35. The predicted octanol–water partition coefficient (Wildman–Crippen LogP) is 3.17. The topological polar surface area (TPSA) is 70.9 Å². The van der Waals surface area contributed by atoms with E-state index in [9.17, 15) is 4.79 Å². The van der Waals surface area contributed by atoms with Gasteiger partial charge < -0.3 is 9.73 Å². The lowest BCUT2D eigenvalue weighted by Crippen LogP contribution is -2.29. The van der Waals surface area contributed by atoms with E-state index in [0.717, 1.165) is 29.2 Å². The second-order valence-electron chi connectivity index (χ2n) is 6.98. The molecule has 0 spiro atoms. The Balaban J connectivity index is 1.29. The normalized spacial score (nSPS) is 33.5. The van der Waals surface area contributed by atoms with Gasteiger partial charge in [-0.2, -0.15) is 0 Å². The summed E-state index contributed by atoms with van der Waals surface area (Å²) in [7, 11) is 0. The van der Waals surface area contributed by atoms with Crippen LogP contribution in [0.4, 0.5) is 0 Å². The van der Waals surface area contributed by atoms with Gasteiger partial charge >= 0.3 is 0 Å². The molecule has 1 amide bonds. The Kier molecular flexibility index (Phi) is 2.80. The fraction of sp³-hybridized carbons (Fsp3) is 0.471. The number of nitrogens with one attached hydrogen (secondary N) is 2. The first-order chi connectivity index (χ1) is 11.2. The summed E-state index contributed by atoms with van der Waals surface area (Å²) in [5, 5.41) is 9.81. The van der Waals surface area contributed by atoms with E-state index in [-0.39, 0.29) is 10.7 Å². The third-order valence-electron chi connectivity index (χ3n) is 5.87. The molecule has 1 unspecified atom stereocenters. The van der Waals surface area contributed by atoms with Gasteiger partial charge in [0.15, 0.2) is 0 Å². The Morgan fingerprint density at radius 3 is 2.52 bits per heavy atom. The summed E-state index contributed by atoms with van der Waals surface area (Å²) in [4.78, 5) is 12.7. The van der Waals surface area contributed by atoms with Gasteiger partial charge in [0.25, 0.3) is 10.7 Å². The molecule has 2 bridgehead atoms. The summed E-state index contributed by atoms with van der Waals surface area (Å²) in [5.41, 5.74) is 1.48. The molecular formula is C17H17N3O2S. The summed E-state index contributed by atoms with van der Waals surface area (Å²) >= 11 is 4.87. The zero-order valence-electron chi connectivity index (χ0n) is 12.5. The number of fused-ring (bicyclic) bond motifs is 5. The zero-order chi connectivity index (χ0) is 15.6. The Labute approximate surface area is 138 Å². The number of aromatic nitrogens is 2. The van der Waals surface area contributed by atoms with E-state index >= 15 is 0 Å². The van der Waals surface area contributed by atoms with E-state index in [1.165, 1.54) is 19.3 Å². The standard InChI is InChI=1S/C17H17N3O2S/c21-15(18-14-12-10-5-6-11(7-10)13(12)14)8-1-3-9(4-2-8)16-19-20-17(23)22-16/h1-4,10-14H,5-7H2,(H,18,21)(H,20,23)/t10-,11-,12-,13+,14?/m0/s1. The highest BCUT2D eigenvalue weighted by molar-refractivity contribution is 7.71. The number of aromatic amines is 1. The summed E-state index contributed by atoms with van der Waals surface area (Å²) < 4.78 is 5.27. The molecule has 6 heteroatoms. The van der Waals surface area contributed by atoms with E-state index in [4.69, 9.17) is 16.6 Å². The van der Waals surface area contributed by atoms with Gasteiger partial charge in [-0.1, -0.05) is 0 Å². The second kappa shape index (κ2) is 4.77. The number of carbonyl (C=O) groups is 1. The van der Waals surface area contributed by atoms with E-state index in [0.29, 0.717) is 17.5 Å². The minimum absolute atomic E-state index is 0.0262. The van der Waals surface area contributed by atoms with Crippen molar-refractivity contribution in [3.8, 4) is 11.5 Å². The molecule has 0 aliphatic heterocycles. The molecule has 118 valence electrons. The van der Waals surface area contributed by atoms with Crippen molar-refractivity contribution < 1.29 is 9.21 Å². The lowest BCUT2D eigenvalue weighted by molar-refractivity contribution is 0.0944. The molecule has 5 rings (SSSR count). The molecule has 5 nitrogen and oxygen atoms in total. The lowest BCUT2D eigenvalue weighted by Gasteiger charge is -2.10. The minimum Gasteiger partial charge on any atom is -0.409 e. The third kappa shape index (κ3) is 2.08. The molecule has 1 aromatic carbocycles. The number of H-pyrrole nitrogens is 1. The number of nitrogens with zero attached hydrogens (tertiary/aromatic N) is 1. The van der Waals surface area contributed by atoms with Crippen molar-refractivity contribution in [2.45, 2.75) is 25.3 Å². The van der Waals surface area contributed by atoms with Crippen molar-refractivity contribution >= 4 is 18.1 Å². The van der Waals surface area contributed by atoms with Crippen molar-refractivity contribution in [1.29, 1.82) is 0 Å². The quantitative estimate of drug-likeness (QED) is 0.850. The number of carbonyl (C=O) groups excluding carboxylic acids is 1. The van der Waals surface area contributed by atoms with Crippen LogP contribution in [0.2, 0.25) is 0 Å². The average molecular weight is 327 g/mol. The Bertz CT molecular complexity index is 809. The molecule has 3 fully saturated rings. The van der Waals surface area contributed by atoms with Gasteiger partial charge in [0.05, 0.1) is 0 Å². The fourth-order valence-electron chi connectivity index (χ4n) is 4.87. The fourth-order valence-corrected chi connectivity index (χ4v) is 5.00. The van der Waals surface area contributed by atoms with Gasteiger partial charge in [-0.15, -0.1) is 5.10 Å². The number of hydrogen-bond acceptors (Lipinski definition) is 4. The molecule has 2 aromatic rings. The van der Waals surface area contributed by atoms with Crippen molar-refractivity contribution in [2.75, 3.05) is 0 Å². The lowest BCUT2D eigenvalue weighted by atomic mass is 10.0. The van der Waals surface area contributed by atoms with Crippen molar-refractivity contribution in [1.82, 2.24) is 15.5 Å². The molecule has 0 radical (unpaired) electrons. The number of hydrogen-bond donors (Lipinski definition) is 2. The summed E-state index contributed by atoms with van der Waals surface area (Å²) in [6.07, 6.45) is 4.13. The molecule has 1 aromatic heterocycles. The van der Waals surface area contributed by atoms with Crippen LogP contribution in [0.3, 0.4) is 0 Å². The van der Waals surface area contributed by atoms with Crippen LogP contribution in [0.15, 0.2) is 28.7 Å². The Hall–Kier alpha value is -1.95. The first-order valence-electron chi connectivity index (χ1n) is 8.17. The van der Waals surface area contributed by atoms with Gasteiger partial charge in [0.1, 0.15) is 0 Å². The highest BCUT2D eigenvalue weighted by Crippen LogP contribution is 2.65. The molecule has 3 aliphatic rings. The van der Waals surface area contributed by atoms with Crippen LogP contribution in [-0.4, -0.2) is 22.1 Å². The summed E-state index contributed by atoms with van der Waals surface area (Å²) in [6, 6.07) is 7.70. The maximum atomic E-state index is 12.4. The summed E-state index contributed by atoms with van der Waals surface area (Å²) in [5.74, 6) is 3.71. The molecule has 3 saturated carbocycles. The molecular weight excluding hydrogens is 310 g/mol. The smallest absolute Gasteiger partial charge is 0.284 e. The van der Waals surface area contributed by atoms with Crippen LogP contribution in [-0.2, 0) is 0 Å². The van der Waals surface area contributed by atoms with E-state index < -0.39 is 0 Å². The molecule has 23 heavy (non-hydrogen) atoms. The highest BCUT2D eigenvalue weighted by Gasteiger charge is 2.65. The highest BCUT2D eigenvalue weighted by atomic mass is 32.1. The number of amides is 1. The van der Waals surface area contributed by atoms with Gasteiger partial charge in [-0.25, -0.2) is 5.10 Å². The molecule has 2 N–H and O–H groups in total. The van der Waals surface area contributed by atoms with Gasteiger partial charge in [0.2, 0.25) is 5.89 Å². The Morgan fingerprint density at radius 1 is 1.22 bits per heavy atom. The number of benzene rings is 1. The largest absolute Gasteiger partial charge is 0.409 e. The average Bonchev–Trinajstić information content (AvgIpc) is 2.95. The van der Waals surface area contributed by atoms with Crippen LogP contribution < -0.4 is 5.32 Å². The number of rotatable bonds is 3. The zero-order valence-corrected chi connectivity index (χ0v) is 13.3. The van der Waals surface area contributed by atoms with Crippen LogP contribution in [0.25, 0.3) is 11.5 Å². The van der Waals surface area contributed by atoms with Crippen molar-refractivity contribution in [2.24, 2.45) is 23.7 Å². The third-order valence-corrected chi connectivity index (χ3v) is 6.04. The SMILES string of the molecule is O=C(NC1[C@@H]2[C@H]3CC[C@@H](C3)[C@H]12)c1ccc(-c2n[nH]c(=S)o2)cc1. The summed E-state index contributed by atoms with van der Waals surface area (Å²) in [6.45, 7) is 0. The molecule has 1 heterocycles. The van der Waals surface area contributed by atoms with Gasteiger partial charge in [0, 0.05) is 17.2 Å². The molecule has 0 saturated heterocycles. The van der Waals surface area contributed by atoms with E-state index in [2.05, 4.69) is 15.5 Å². The minimum atomic E-state index is 0.0262.